The number of imidazole rings is 1. The predicted octanol–water partition coefficient (Wildman–Crippen LogP) is 1.02. The van der Waals surface area contributed by atoms with E-state index in [0.29, 0.717) is 12.5 Å². The number of nitrogens with zero attached hydrogens (tertiary/aromatic N) is 2. The van der Waals surface area contributed by atoms with Crippen LogP contribution in [0.4, 0.5) is 10.7 Å². The molecule has 0 radical (unpaired) electrons. The Balaban J connectivity index is 2.27. The minimum atomic E-state index is -0.788. The molecule has 90 valence electrons. The van der Waals surface area contributed by atoms with Gasteiger partial charge in [0.2, 0.25) is 5.95 Å². The van der Waals surface area contributed by atoms with Gasteiger partial charge in [-0.2, -0.15) is 0 Å². The maximum Gasteiger partial charge on any atom is 0.404 e. The lowest BCUT2D eigenvalue weighted by molar-refractivity contribution is 0.153. The first kappa shape index (κ1) is 11.3. The van der Waals surface area contributed by atoms with Gasteiger partial charge < -0.3 is 20.8 Å². The topological polar surface area (TPSA) is 96.2 Å². The molecule has 0 aliphatic rings. The van der Waals surface area contributed by atoms with Crippen LogP contribution in [0, 0.1) is 6.92 Å². The zero-order valence-electron chi connectivity index (χ0n) is 9.51. The van der Waals surface area contributed by atoms with Crippen LogP contribution in [0.25, 0.3) is 11.0 Å². The number of amides is 1. The van der Waals surface area contributed by atoms with E-state index in [0.717, 1.165) is 16.6 Å². The smallest absolute Gasteiger partial charge is 0.404 e. The number of rotatable bonds is 3. The van der Waals surface area contributed by atoms with E-state index < -0.39 is 6.09 Å². The second-order valence-electron chi connectivity index (χ2n) is 3.78. The van der Waals surface area contributed by atoms with Gasteiger partial charge in [0, 0.05) is 0 Å². The Morgan fingerprint density at radius 3 is 3.00 bits per heavy atom. The van der Waals surface area contributed by atoms with Crippen LogP contribution in [-0.2, 0) is 11.3 Å². The van der Waals surface area contributed by atoms with Crippen molar-refractivity contribution in [2.45, 2.75) is 13.5 Å². The van der Waals surface area contributed by atoms with Crippen molar-refractivity contribution in [3.8, 4) is 0 Å². The number of hydrogen-bond donors (Lipinski definition) is 2. The molecule has 6 nitrogen and oxygen atoms in total. The lowest BCUT2D eigenvalue weighted by Crippen LogP contribution is -2.17. The summed E-state index contributed by atoms with van der Waals surface area (Å²) < 4.78 is 6.47. The molecule has 1 amide bonds. The molecule has 4 N–H and O–H groups in total. The van der Waals surface area contributed by atoms with Crippen LogP contribution in [0.5, 0.6) is 0 Å². The number of primary amides is 1. The molecule has 0 spiro atoms. The fourth-order valence-corrected chi connectivity index (χ4v) is 1.73. The van der Waals surface area contributed by atoms with E-state index in [1.807, 2.05) is 25.1 Å². The fourth-order valence-electron chi connectivity index (χ4n) is 1.73. The van der Waals surface area contributed by atoms with Crippen LogP contribution in [0.15, 0.2) is 18.2 Å². The lowest BCUT2D eigenvalue weighted by atomic mass is 10.2. The van der Waals surface area contributed by atoms with Crippen molar-refractivity contribution in [1.29, 1.82) is 0 Å². The molecule has 0 aliphatic heterocycles. The molecule has 1 aromatic heterocycles. The summed E-state index contributed by atoms with van der Waals surface area (Å²) in [5.41, 5.74) is 13.6. The standard InChI is InChI=1S/C11H14N4O2/c1-7-2-3-9-8(6-7)14-10(12)15(9)4-5-17-11(13)16/h2-3,6H,4-5H2,1H3,(H2,12,14)(H2,13,16). The first-order valence-corrected chi connectivity index (χ1v) is 5.22. The molecule has 17 heavy (non-hydrogen) atoms. The van der Waals surface area contributed by atoms with Crippen molar-refractivity contribution in [3.05, 3.63) is 23.8 Å². The first-order chi connectivity index (χ1) is 8.08. The van der Waals surface area contributed by atoms with Gasteiger partial charge in [-0.1, -0.05) is 6.07 Å². The Labute approximate surface area is 98.2 Å². The molecule has 0 saturated carbocycles. The molecule has 1 aromatic carbocycles. The van der Waals surface area contributed by atoms with E-state index in [9.17, 15) is 4.79 Å². The van der Waals surface area contributed by atoms with Gasteiger partial charge >= 0.3 is 6.09 Å². The fraction of sp³-hybridized carbons (Fsp3) is 0.273. The summed E-state index contributed by atoms with van der Waals surface area (Å²) in [6, 6.07) is 5.88. The van der Waals surface area contributed by atoms with Crippen molar-refractivity contribution in [2.24, 2.45) is 5.73 Å². The van der Waals surface area contributed by atoms with Crippen LogP contribution in [0.3, 0.4) is 0 Å². The van der Waals surface area contributed by atoms with Crippen LogP contribution in [-0.4, -0.2) is 22.3 Å². The summed E-state index contributed by atoms with van der Waals surface area (Å²) in [5.74, 6) is 0.402. The first-order valence-electron chi connectivity index (χ1n) is 5.22. The third kappa shape index (κ3) is 2.30. The third-order valence-electron chi connectivity index (χ3n) is 2.49. The zero-order valence-corrected chi connectivity index (χ0v) is 9.51. The minimum Gasteiger partial charge on any atom is -0.448 e. The number of fused-ring (bicyclic) bond motifs is 1. The number of aryl methyl sites for hydroxylation is 1. The second-order valence-corrected chi connectivity index (χ2v) is 3.78. The van der Waals surface area contributed by atoms with Crippen LogP contribution < -0.4 is 11.5 Å². The third-order valence-corrected chi connectivity index (χ3v) is 2.49. The molecule has 0 fully saturated rings. The summed E-state index contributed by atoms with van der Waals surface area (Å²) >= 11 is 0. The Hall–Kier alpha value is -2.24. The van der Waals surface area contributed by atoms with Gasteiger partial charge in [-0.05, 0) is 24.6 Å². The number of benzene rings is 1. The highest BCUT2D eigenvalue weighted by atomic mass is 16.5. The quantitative estimate of drug-likeness (QED) is 0.828. The van der Waals surface area contributed by atoms with Gasteiger partial charge in [0.1, 0.15) is 6.61 Å². The number of carbonyl (C=O) groups excluding carboxylic acids is 1. The van der Waals surface area contributed by atoms with Crippen molar-refractivity contribution >= 4 is 23.1 Å². The normalized spacial score (nSPS) is 10.6. The van der Waals surface area contributed by atoms with E-state index in [1.54, 1.807) is 4.57 Å². The van der Waals surface area contributed by atoms with Gasteiger partial charge in [-0.3, -0.25) is 0 Å². The van der Waals surface area contributed by atoms with Crippen molar-refractivity contribution in [1.82, 2.24) is 9.55 Å². The van der Waals surface area contributed by atoms with Gasteiger partial charge in [-0.25, -0.2) is 9.78 Å². The molecule has 0 saturated heterocycles. The van der Waals surface area contributed by atoms with E-state index in [1.165, 1.54) is 0 Å². The summed E-state index contributed by atoms with van der Waals surface area (Å²) in [6.45, 7) is 2.61. The number of nitrogen functional groups attached to an aromatic ring is 1. The summed E-state index contributed by atoms with van der Waals surface area (Å²) in [6.07, 6.45) is -0.788. The monoisotopic (exact) mass is 234 g/mol. The zero-order chi connectivity index (χ0) is 12.4. The van der Waals surface area contributed by atoms with Gasteiger partial charge in [0.15, 0.2) is 0 Å². The van der Waals surface area contributed by atoms with Crippen LogP contribution >= 0.6 is 0 Å². The van der Waals surface area contributed by atoms with Gasteiger partial charge in [0.05, 0.1) is 17.6 Å². The Kier molecular flexibility index (Phi) is 2.86. The highest BCUT2D eigenvalue weighted by Crippen LogP contribution is 2.18. The average molecular weight is 234 g/mol. The molecule has 2 rings (SSSR count). The highest BCUT2D eigenvalue weighted by Gasteiger charge is 2.08. The molecule has 0 atom stereocenters. The molecule has 0 unspecified atom stereocenters. The molecular weight excluding hydrogens is 220 g/mol. The molecule has 6 heteroatoms. The van der Waals surface area contributed by atoms with E-state index >= 15 is 0 Å². The van der Waals surface area contributed by atoms with Crippen molar-refractivity contribution in [2.75, 3.05) is 12.3 Å². The Bertz CT molecular complexity index is 562. The van der Waals surface area contributed by atoms with Crippen LogP contribution in [0.1, 0.15) is 5.56 Å². The van der Waals surface area contributed by atoms with E-state index in [2.05, 4.69) is 9.72 Å². The Morgan fingerprint density at radius 1 is 1.53 bits per heavy atom. The number of nitrogens with two attached hydrogens (primary N) is 2. The van der Waals surface area contributed by atoms with Crippen molar-refractivity contribution < 1.29 is 9.53 Å². The molecule has 2 aromatic rings. The number of carbonyl (C=O) groups is 1. The average Bonchev–Trinajstić information content (AvgIpc) is 2.54. The van der Waals surface area contributed by atoms with Crippen molar-refractivity contribution in [3.63, 3.8) is 0 Å². The summed E-state index contributed by atoms with van der Waals surface area (Å²) in [5, 5.41) is 0. The SMILES string of the molecule is Cc1ccc2c(c1)nc(N)n2CCOC(N)=O. The van der Waals surface area contributed by atoms with Gasteiger partial charge in [0.25, 0.3) is 0 Å². The molecule has 0 bridgehead atoms. The number of aromatic nitrogens is 2. The largest absolute Gasteiger partial charge is 0.448 e. The number of hydrogen-bond acceptors (Lipinski definition) is 4. The number of ether oxygens (including phenoxy) is 1. The molecular formula is C11H14N4O2. The Morgan fingerprint density at radius 2 is 2.29 bits per heavy atom. The lowest BCUT2D eigenvalue weighted by Gasteiger charge is -2.06. The van der Waals surface area contributed by atoms with Crippen LogP contribution in [0.2, 0.25) is 0 Å². The molecule has 0 aliphatic carbocycles. The van der Waals surface area contributed by atoms with E-state index in [4.69, 9.17) is 11.5 Å². The highest BCUT2D eigenvalue weighted by molar-refractivity contribution is 5.79. The second kappa shape index (κ2) is 4.32. The van der Waals surface area contributed by atoms with Gasteiger partial charge in [-0.15, -0.1) is 0 Å². The van der Waals surface area contributed by atoms with E-state index in [-0.39, 0.29) is 6.61 Å². The maximum absolute atomic E-state index is 10.5. The molecule has 1 heterocycles. The maximum atomic E-state index is 10.5. The minimum absolute atomic E-state index is 0.179. The predicted molar refractivity (Wildman–Crippen MR) is 64.4 cm³/mol. The summed E-state index contributed by atoms with van der Waals surface area (Å²) in [7, 11) is 0. The summed E-state index contributed by atoms with van der Waals surface area (Å²) in [4.78, 5) is 14.7. The number of anilines is 1.